The van der Waals surface area contributed by atoms with Crippen LogP contribution in [0.5, 0.6) is 0 Å². The second-order valence-corrected chi connectivity index (χ2v) is 6.52. The van der Waals surface area contributed by atoms with Crippen molar-refractivity contribution in [3.8, 4) is 0 Å². The number of nitrogens with two attached hydrogens (primary N) is 1. The zero-order valence-electron chi connectivity index (χ0n) is 12.5. The lowest BCUT2D eigenvalue weighted by atomic mass is 9.83. The highest BCUT2D eigenvalue weighted by Crippen LogP contribution is 2.26. The molecule has 1 unspecified atom stereocenters. The lowest BCUT2D eigenvalue weighted by molar-refractivity contribution is 0.0518. The number of hydrogen-bond acceptors (Lipinski definition) is 3. The summed E-state index contributed by atoms with van der Waals surface area (Å²) in [5, 5.41) is 2.86. The molecule has 0 bridgehead atoms. The van der Waals surface area contributed by atoms with Crippen molar-refractivity contribution in [3.63, 3.8) is 0 Å². The lowest BCUT2D eigenvalue weighted by Crippen LogP contribution is -2.36. The largest absolute Gasteiger partial charge is 0.444 e. The van der Waals surface area contributed by atoms with Crippen molar-refractivity contribution in [2.45, 2.75) is 45.6 Å². The molecule has 0 spiro atoms. The first-order valence-electron chi connectivity index (χ1n) is 7.17. The molecular weight excluding hydrogens is 252 g/mol. The number of aryl methyl sites for hydroxylation is 1. The van der Waals surface area contributed by atoms with E-state index in [-0.39, 0.29) is 6.09 Å². The van der Waals surface area contributed by atoms with Gasteiger partial charge in [0, 0.05) is 12.2 Å². The van der Waals surface area contributed by atoms with Crippen LogP contribution in [0.4, 0.5) is 10.5 Å². The van der Waals surface area contributed by atoms with E-state index in [9.17, 15) is 4.79 Å². The molecule has 110 valence electrons. The van der Waals surface area contributed by atoms with Crippen molar-refractivity contribution >= 4 is 11.8 Å². The first-order chi connectivity index (χ1) is 9.33. The topological polar surface area (TPSA) is 64.3 Å². The SMILES string of the molecule is CC(C)(C)OC(=O)NCC1CCc2ccc(N)cc2C1. The Labute approximate surface area is 120 Å². The van der Waals surface area contributed by atoms with Crippen LogP contribution in [0, 0.1) is 5.92 Å². The van der Waals surface area contributed by atoms with E-state index >= 15 is 0 Å². The van der Waals surface area contributed by atoms with Crippen molar-refractivity contribution in [1.82, 2.24) is 5.32 Å². The fourth-order valence-corrected chi connectivity index (χ4v) is 2.57. The number of hydrogen-bond donors (Lipinski definition) is 2. The molecule has 0 fully saturated rings. The summed E-state index contributed by atoms with van der Waals surface area (Å²) in [6.07, 6.45) is 2.77. The van der Waals surface area contributed by atoms with Crippen molar-refractivity contribution in [2.75, 3.05) is 12.3 Å². The maximum Gasteiger partial charge on any atom is 0.407 e. The van der Waals surface area contributed by atoms with Gasteiger partial charge in [-0.1, -0.05) is 6.07 Å². The van der Waals surface area contributed by atoms with E-state index in [1.165, 1.54) is 11.1 Å². The Hall–Kier alpha value is -1.71. The van der Waals surface area contributed by atoms with E-state index in [0.717, 1.165) is 24.9 Å². The molecule has 1 atom stereocenters. The second kappa shape index (κ2) is 5.73. The molecule has 4 nitrogen and oxygen atoms in total. The monoisotopic (exact) mass is 276 g/mol. The highest BCUT2D eigenvalue weighted by atomic mass is 16.6. The second-order valence-electron chi connectivity index (χ2n) is 6.52. The van der Waals surface area contributed by atoms with E-state index < -0.39 is 5.60 Å². The van der Waals surface area contributed by atoms with E-state index in [1.807, 2.05) is 26.8 Å². The number of carbonyl (C=O) groups is 1. The Kier molecular flexibility index (Phi) is 4.21. The molecule has 20 heavy (non-hydrogen) atoms. The zero-order valence-corrected chi connectivity index (χ0v) is 12.5. The van der Waals surface area contributed by atoms with Gasteiger partial charge in [-0.2, -0.15) is 0 Å². The number of amides is 1. The van der Waals surface area contributed by atoms with Gasteiger partial charge < -0.3 is 15.8 Å². The number of nitrogens with one attached hydrogen (secondary N) is 1. The predicted octanol–water partition coefficient (Wildman–Crippen LogP) is 2.90. The number of fused-ring (bicyclic) bond motifs is 1. The first kappa shape index (κ1) is 14.7. The highest BCUT2D eigenvalue weighted by molar-refractivity contribution is 5.67. The number of alkyl carbamates (subject to hydrolysis) is 1. The van der Waals surface area contributed by atoms with E-state index in [0.29, 0.717) is 12.5 Å². The molecular formula is C16H24N2O2. The Morgan fingerprint density at radius 3 is 2.85 bits per heavy atom. The van der Waals surface area contributed by atoms with E-state index in [1.54, 1.807) is 0 Å². The Bertz CT molecular complexity index is 492. The molecule has 0 radical (unpaired) electrons. The van der Waals surface area contributed by atoms with Crippen molar-refractivity contribution in [3.05, 3.63) is 29.3 Å². The highest BCUT2D eigenvalue weighted by Gasteiger charge is 2.21. The molecule has 1 aromatic carbocycles. The average molecular weight is 276 g/mol. The van der Waals surface area contributed by atoms with Crippen molar-refractivity contribution < 1.29 is 9.53 Å². The number of rotatable bonds is 2. The summed E-state index contributed by atoms with van der Waals surface area (Å²) in [7, 11) is 0. The minimum absolute atomic E-state index is 0.337. The summed E-state index contributed by atoms with van der Waals surface area (Å²) in [5.41, 5.74) is 8.89. The lowest BCUT2D eigenvalue weighted by Gasteiger charge is -2.26. The van der Waals surface area contributed by atoms with Crippen molar-refractivity contribution in [1.29, 1.82) is 0 Å². The van der Waals surface area contributed by atoms with Crippen LogP contribution in [-0.4, -0.2) is 18.2 Å². The van der Waals surface area contributed by atoms with Gasteiger partial charge in [0.2, 0.25) is 0 Å². The molecule has 3 N–H and O–H groups in total. The van der Waals surface area contributed by atoms with Crippen LogP contribution in [0.15, 0.2) is 18.2 Å². The third-order valence-corrected chi connectivity index (χ3v) is 3.49. The molecule has 1 amide bonds. The quantitative estimate of drug-likeness (QED) is 0.816. The number of carbonyl (C=O) groups excluding carboxylic acids is 1. The molecule has 0 aliphatic heterocycles. The normalized spacial score (nSPS) is 18.2. The minimum atomic E-state index is -0.447. The molecule has 2 rings (SSSR count). The molecule has 0 saturated carbocycles. The Morgan fingerprint density at radius 2 is 2.15 bits per heavy atom. The molecule has 4 heteroatoms. The predicted molar refractivity (Wildman–Crippen MR) is 80.6 cm³/mol. The van der Waals surface area contributed by atoms with Gasteiger partial charge in [0.05, 0.1) is 0 Å². The van der Waals surface area contributed by atoms with Crippen LogP contribution in [0.25, 0.3) is 0 Å². The van der Waals surface area contributed by atoms with Crippen LogP contribution >= 0.6 is 0 Å². The van der Waals surface area contributed by atoms with Crippen LogP contribution in [0.3, 0.4) is 0 Å². The summed E-state index contributed by atoms with van der Waals surface area (Å²) in [6, 6.07) is 6.12. The van der Waals surface area contributed by atoms with Gasteiger partial charge in [-0.05, 0) is 69.2 Å². The van der Waals surface area contributed by atoms with E-state index in [2.05, 4.69) is 17.4 Å². The number of ether oxygens (including phenoxy) is 1. The van der Waals surface area contributed by atoms with Crippen LogP contribution < -0.4 is 11.1 Å². The number of nitrogen functional groups attached to an aromatic ring is 1. The summed E-state index contributed by atoms with van der Waals surface area (Å²) >= 11 is 0. The summed E-state index contributed by atoms with van der Waals surface area (Å²) in [6.45, 7) is 6.26. The van der Waals surface area contributed by atoms with Gasteiger partial charge in [0.25, 0.3) is 0 Å². The van der Waals surface area contributed by atoms with Gasteiger partial charge in [0.15, 0.2) is 0 Å². The third-order valence-electron chi connectivity index (χ3n) is 3.49. The maximum absolute atomic E-state index is 11.6. The van der Waals surface area contributed by atoms with E-state index in [4.69, 9.17) is 10.5 Å². The third kappa shape index (κ3) is 4.15. The fourth-order valence-electron chi connectivity index (χ4n) is 2.57. The Balaban J connectivity index is 1.86. The van der Waals surface area contributed by atoms with Crippen LogP contribution in [0.1, 0.15) is 38.3 Å². The van der Waals surface area contributed by atoms with Crippen LogP contribution in [0.2, 0.25) is 0 Å². The van der Waals surface area contributed by atoms with Crippen LogP contribution in [-0.2, 0) is 17.6 Å². The van der Waals surface area contributed by atoms with Gasteiger partial charge in [0.1, 0.15) is 5.60 Å². The molecule has 1 aromatic rings. The molecule has 0 aromatic heterocycles. The summed E-state index contributed by atoms with van der Waals surface area (Å²) in [4.78, 5) is 11.6. The van der Waals surface area contributed by atoms with Crippen molar-refractivity contribution in [2.24, 2.45) is 5.92 Å². The average Bonchev–Trinajstić information content (AvgIpc) is 2.33. The maximum atomic E-state index is 11.6. The fraction of sp³-hybridized carbons (Fsp3) is 0.562. The van der Waals surface area contributed by atoms with Gasteiger partial charge in [-0.25, -0.2) is 4.79 Å². The zero-order chi connectivity index (χ0) is 14.8. The standard InChI is InChI=1S/C16H24N2O2/c1-16(2,3)20-15(19)18-10-11-4-5-12-6-7-14(17)9-13(12)8-11/h6-7,9,11H,4-5,8,10,17H2,1-3H3,(H,18,19). The summed E-state index contributed by atoms with van der Waals surface area (Å²) < 4.78 is 5.25. The van der Waals surface area contributed by atoms with Gasteiger partial charge >= 0.3 is 6.09 Å². The Morgan fingerprint density at radius 1 is 1.40 bits per heavy atom. The first-order valence-corrected chi connectivity index (χ1v) is 7.17. The van der Waals surface area contributed by atoms with Gasteiger partial charge in [-0.15, -0.1) is 0 Å². The summed E-state index contributed by atoms with van der Waals surface area (Å²) in [5.74, 6) is 0.455. The molecule has 0 heterocycles. The minimum Gasteiger partial charge on any atom is -0.444 e. The number of anilines is 1. The van der Waals surface area contributed by atoms with Gasteiger partial charge in [-0.3, -0.25) is 0 Å². The number of benzene rings is 1. The molecule has 1 aliphatic carbocycles. The molecule has 0 saturated heterocycles. The smallest absolute Gasteiger partial charge is 0.407 e. The molecule has 1 aliphatic rings.